The van der Waals surface area contributed by atoms with E-state index in [1.165, 1.54) is 302 Å². The van der Waals surface area contributed by atoms with Gasteiger partial charge in [0.15, 0.2) is 12.2 Å². The lowest BCUT2D eigenvalue weighted by Gasteiger charge is -2.21. The molecule has 3 N–H and O–H groups in total. The lowest BCUT2D eigenvalue weighted by molar-refractivity contribution is -0.161. The summed E-state index contributed by atoms with van der Waals surface area (Å²) >= 11 is 0. The van der Waals surface area contributed by atoms with E-state index in [9.17, 15) is 43.2 Å². The molecular weight excluding hydrogens is 1390 g/mol. The third-order valence-corrected chi connectivity index (χ3v) is 22.7. The predicted molar refractivity (Wildman–Crippen MR) is 442 cm³/mol. The maximum absolute atomic E-state index is 13.2. The number of esters is 4. The molecule has 0 aromatic heterocycles. The van der Waals surface area contributed by atoms with Crippen LogP contribution in [0, 0.1) is 5.92 Å². The van der Waals surface area contributed by atoms with Gasteiger partial charge in [-0.2, -0.15) is 0 Å². The first-order valence-corrected chi connectivity index (χ1v) is 48.6. The molecule has 0 aromatic carbocycles. The fourth-order valence-corrected chi connectivity index (χ4v) is 15.4. The molecule has 17 nitrogen and oxygen atoms in total. The highest BCUT2D eigenvalue weighted by Gasteiger charge is 2.30. The molecule has 0 aliphatic carbocycles. The topological polar surface area (TPSA) is 237 Å². The monoisotopic (exact) mass is 1560 g/mol. The minimum Gasteiger partial charge on any atom is -0.462 e. The number of aliphatic hydroxyl groups excluding tert-OH is 1. The van der Waals surface area contributed by atoms with Crippen LogP contribution in [0.1, 0.15) is 478 Å². The molecule has 2 unspecified atom stereocenters. The Kier molecular flexibility index (Phi) is 79.2. The lowest BCUT2D eigenvalue weighted by Crippen LogP contribution is -2.30. The smallest absolute Gasteiger partial charge is 0.462 e. The highest BCUT2D eigenvalue weighted by Crippen LogP contribution is 2.45. The van der Waals surface area contributed by atoms with E-state index < -0.39 is 97.5 Å². The average Bonchev–Trinajstić information content (AvgIpc) is 0.905. The van der Waals surface area contributed by atoms with Crippen molar-refractivity contribution < 1.29 is 80.2 Å². The first-order chi connectivity index (χ1) is 52.0. The normalized spacial score (nSPS) is 13.7. The van der Waals surface area contributed by atoms with Crippen LogP contribution in [0.15, 0.2) is 0 Å². The molecule has 0 aliphatic heterocycles. The maximum atomic E-state index is 13.2. The fraction of sp³-hybridized carbons (Fsp3) is 0.955. The number of hydrogen-bond donors (Lipinski definition) is 3. The summed E-state index contributed by atoms with van der Waals surface area (Å²) < 4.78 is 68.9. The van der Waals surface area contributed by atoms with Crippen LogP contribution in [0.3, 0.4) is 0 Å². The molecule has 0 aromatic rings. The van der Waals surface area contributed by atoms with Crippen LogP contribution < -0.4 is 0 Å². The molecule has 19 heteroatoms. The highest BCUT2D eigenvalue weighted by atomic mass is 31.2. The number of carbonyl (C=O) groups excluding carboxylic acids is 4. The van der Waals surface area contributed by atoms with Crippen molar-refractivity contribution in [2.75, 3.05) is 39.6 Å². The Labute approximate surface area is 658 Å². The van der Waals surface area contributed by atoms with Crippen LogP contribution in [0.5, 0.6) is 0 Å². The van der Waals surface area contributed by atoms with Crippen LogP contribution in [-0.4, -0.2) is 96.7 Å². The van der Waals surface area contributed by atoms with E-state index in [1.54, 1.807) is 0 Å². The third kappa shape index (κ3) is 81.9. The van der Waals surface area contributed by atoms with E-state index in [1.807, 2.05) is 0 Å². The Morgan fingerprint density at radius 3 is 0.636 bits per heavy atom. The Balaban J connectivity index is 5.19. The number of aliphatic hydroxyl groups is 1. The van der Waals surface area contributed by atoms with Crippen molar-refractivity contribution in [1.82, 2.24) is 0 Å². The minimum absolute atomic E-state index is 0.106. The Bertz CT molecular complexity index is 2030. The molecule has 0 amide bonds. The average molecular weight is 1560 g/mol. The van der Waals surface area contributed by atoms with E-state index in [0.29, 0.717) is 25.7 Å². The predicted octanol–water partition coefficient (Wildman–Crippen LogP) is 27.2. The van der Waals surface area contributed by atoms with Crippen LogP contribution in [0.4, 0.5) is 0 Å². The molecule has 0 bridgehead atoms. The van der Waals surface area contributed by atoms with Gasteiger partial charge in [0.2, 0.25) is 0 Å². The van der Waals surface area contributed by atoms with Gasteiger partial charge in [-0.05, 0) is 31.6 Å². The van der Waals surface area contributed by atoms with Crippen molar-refractivity contribution in [1.29, 1.82) is 0 Å². The van der Waals surface area contributed by atoms with Gasteiger partial charge in [0.25, 0.3) is 0 Å². The second-order valence-corrected chi connectivity index (χ2v) is 35.0. The zero-order valence-electron chi connectivity index (χ0n) is 70.3. The number of rotatable bonds is 88. The van der Waals surface area contributed by atoms with Gasteiger partial charge in [0.1, 0.15) is 19.3 Å². The molecule has 636 valence electrons. The summed E-state index contributed by atoms with van der Waals surface area (Å²) in [6, 6.07) is 0. The second-order valence-electron chi connectivity index (χ2n) is 32.1. The summed E-state index contributed by atoms with van der Waals surface area (Å²) in [5, 5.41) is 10.7. The van der Waals surface area contributed by atoms with Crippen molar-refractivity contribution in [3.8, 4) is 0 Å². The summed E-state index contributed by atoms with van der Waals surface area (Å²) in [5.41, 5.74) is 0. The summed E-state index contributed by atoms with van der Waals surface area (Å²) in [4.78, 5) is 73.2. The first-order valence-electron chi connectivity index (χ1n) is 45.6. The zero-order valence-corrected chi connectivity index (χ0v) is 72.1. The van der Waals surface area contributed by atoms with Crippen LogP contribution >= 0.6 is 15.6 Å². The van der Waals surface area contributed by atoms with Gasteiger partial charge in [-0.15, -0.1) is 0 Å². The lowest BCUT2D eigenvalue weighted by atomic mass is 10.0. The van der Waals surface area contributed by atoms with Gasteiger partial charge >= 0.3 is 39.5 Å². The summed E-state index contributed by atoms with van der Waals surface area (Å²) in [6.45, 7) is 7.33. The van der Waals surface area contributed by atoms with Gasteiger partial charge < -0.3 is 33.8 Å². The van der Waals surface area contributed by atoms with E-state index >= 15 is 0 Å². The van der Waals surface area contributed by atoms with Crippen molar-refractivity contribution in [3.05, 3.63) is 0 Å². The minimum atomic E-state index is -4.97. The van der Waals surface area contributed by atoms with Crippen LogP contribution in [0.2, 0.25) is 0 Å². The van der Waals surface area contributed by atoms with Gasteiger partial charge in [0.05, 0.1) is 26.4 Å². The number of phosphoric acid groups is 2. The molecule has 0 saturated carbocycles. The maximum Gasteiger partial charge on any atom is 0.472 e. The largest absolute Gasteiger partial charge is 0.472 e. The van der Waals surface area contributed by atoms with E-state index in [0.717, 1.165) is 95.8 Å². The second kappa shape index (κ2) is 80.7. The van der Waals surface area contributed by atoms with Crippen LogP contribution in [-0.2, 0) is 65.4 Å². The zero-order chi connectivity index (χ0) is 78.3. The molecule has 0 fully saturated rings. The summed E-state index contributed by atoms with van der Waals surface area (Å²) in [7, 11) is -9.93. The number of phosphoric ester groups is 2. The Morgan fingerprint density at radius 1 is 0.252 bits per heavy atom. The van der Waals surface area contributed by atoms with E-state index in [2.05, 4.69) is 34.6 Å². The van der Waals surface area contributed by atoms with E-state index in [-0.39, 0.29) is 25.7 Å². The van der Waals surface area contributed by atoms with Gasteiger partial charge in [-0.1, -0.05) is 426 Å². The number of unbranched alkanes of at least 4 members (excludes halogenated alkanes) is 60. The molecular formula is C88H172O17P2. The SMILES string of the molecule is CCCCCCCCCCCCCCCCCCCCCCCCC(=O)OC[C@H](COP(=O)(O)OC[C@@H](O)COP(=O)(O)OC[C@@H](COC(=O)CCCCCCCCCCCCC)OC(=O)CCCCCCCCCCCC(C)C)OC(=O)CCCCCCCCCCCCCCCCCCCCCCCC. The standard InChI is InChI=1S/C88H172O17P2/c1-6-9-12-15-18-21-24-26-28-30-32-34-36-38-40-42-44-47-52-57-62-67-72-86(91)99-77-83(104-87(92)73-68-63-58-53-48-45-43-41-39-37-35-33-31-29-27-25-22-19-16-13-10-7-2)79-102-106(94,95)100-75-82(89)76-101-107(96,97)103-80-84(78-98-85(90)71-66-61-56-51-46-23-20-17-14-11-8-3)105-88(93)74-69-64-59-54-49-50-55-60-65-70-81(4)5/h81-84,89H,6-80H2,1-5H3,(H,94,95)(H,96,97)/t82-,83-,84-/m1/s1. The summed E-state index contributed by atoms with van der Waals surface area (Å²) in [5.74, 6) is -1.36. The fourth-order valence-electron chi connectivity index (χ4n) is 13.8. The third-order valence-electron chi connectivity index (χ3n) is 20.8. The molecule has 0 aliphatic rings. The van der Waals surface area contributed by atoms with Gasteiger partial charge in [-0.25, -0.2) is 9.13 Å². The van der Waals surface area contributed by atoms with Crippen molar-refractivity contribution in [3.63, 3.8) is 0 Å². The highest BCUT2D eigenvalue weighted by molar-refractivity contribution is 7.47. The summed E-state index contributed by atoms with van der Waals surface area (Å²) in [6.07, 6.45) is 75.3. The molecule has 0 radical (unpaired) electrons. The first kappa shape index (κ1) is 105. The number of carbonyl (C=O) groups is 4. The van der Waals surface area contributed by atoms with Crippen molar-refractivity contribution >= 4 is 39.5 Å². The Hall–Kier alpha value is -1.94. The van der Waals surface area contributed by atoms with Gasteiger partial charge in [0, 0.05) is 25.7 Å². The van der Waals surface area contributed by atoms with Crippen molar-refractivity contribution in [2.45, 2.75) is 496 Å². The number of ether oxygens (including phenoxy) is 4. The molecule has 0 saturated heterocycles. The Morgan fingerprint density at radius 2 is 0.430 bits per heavy atom. The van der Waals surface area contributed by atoms with Crippen molar-refractivity contribution in [2.24, 2.45) is 5.92 Å². The molecule has 5 atom stereocenters. The number of hydrogen-bond acceptors (Lipinski definition) is 15. The van der Waals surface area contributed by atoms with Gasteiger partial charge in [-0.3, -0.25) is 37.3 Å². The quantitative estimate of drug-likeness (QED) is 0.0222. The van der Waals surface area contributed by atoms with Crippen LogP contribution in [0.25, 0.3) is 0 Å². The molecule has 0 spiro atoms. The molecule has 0 rings (SSSR count). The molecule has 107 heavy (non-hydrogen) atoms. The molecule has 0 heterocycles. The van der Waals surface area contributed by atoms with E-state index in [4.69, 9.17) is 37.0 Å².